The summed E-state index contributed by atoms with van der Waals surface area (Å²) in [6, 6.07) is 0. The number of nitrogens with zero attached hydrogens (tertiary/aromatic N) is 3. The molecule has 0 aliphatic carbocycles. The summed E-state index contributed by atoms with van der Waals surface area (Å²) in [4.78, 5) is 3.77. The van der Waals surface area contributed by atoms with E-state index in [-0.39, 0.29) is 0 Å². The molecule has 0 atom stereocenters. The lowest BCUT2D eigenvalue weighted by atomic mass is 11.2. The third kappa shape index (κ3) is 0.864. The van der Waals surface area contributed by atoms with E-state index in [1.807, 2.05) is 4.68 Å². The lowest BCUT2D eigenvalue weighted by Gasteiger charge is -1.85. The molecule has 0 aliphatic heterocycles. The van der Waals surface area contributed by atoms with Crippen LogP contribution in [0.2, 0.25) is 0 Å². The molecule has 0 radical (unpaired) electrons. The van der Waals surface area contributed by atoms with Crippen LogP contribution in [0.5, 0.6) is 0 Å². The van der Waals surface area contributed by atoms with E-state index in [1.165, 1.54) is 0 Å². The topological polar surface area (TPSA) is 30.7 Å². The van der Waals surface area contributed by atoms with Crippen LogP contribution in [0.3, 0.4) is 0 Å². The van der Waals surface area contributed by atoms with Crippen LogP contribution >= 0.6 is 0 Å². The first-order valence-electron chi connectivity index (χ1n) is 2.26. The van der Waals surface area contributed by atoms with Crippen molar-refractivity contribution in [2.75, 3.05) is 0 Å². The molecule has 7 heavy (non-hydrogen) atoms. The molecule has 1 aromatic heterocycles. The fraction of sp³-hybridized carbons (Fsp3) is 0.333. The van der Waals surface area contributed by atoms with Crippen molar-refractivity contribution in [3.8, 4) is 0 Å². The standard InChI is InChI=1S/C3H7N3Si/c7-3-6-2-4-1-5-6/h1-2H,3H2,7H3. The monoisotopic (exact) mass is 113 g/mol. The van der Waals surface area contributed by atoms with E-state index < -0.39 is 0 Å². The number of hydrogen-bond donors (Lipinski definition) is 0. The van der Waals surface area contributed by atoms with Gasteiger partial charge in [-0.05, 0) is 0 Å². The summed E-state index contributed by atoms with van der Waals surface area (Å²) >= 11 is 0. The van der Waals surface area contributed by atoms with E-state index in [0.717, 1.165) is 16.4 Å². The first kappa shape index (κ1) is 4.51. The van der Waals surface area contributed by atoms with Gasteiger partial charge in [0.2, 0.25) is 0 Å². The smallest absolute Gasteiger partial charge is 0.137 e. The fourth-order valence-electron chi connectivity index (χ4n) is 0.396. The Morgan fingerprint density at radius 3 is 2.86 bits per heavy atom. The first-order valence-corrected chi connectivity index (χ1v) is 3.67. The van der Waals surface area contributed by atoms with Gasteiger partial charge in [0.1, 0.15) is 12.7 Å². The highest BCUT2D eigenvalue weighted by molar-refractivity contribution is 6.06. The van der Waals surface area contributed by atoms with Gasteiger partial charge in [-0.1, -0.05) is 0 Å². The van der Waals surface area contributed by atoms with Gasteiger partial charge in [-0.2, -0.15) is 5.10 Å². The van der Waals surface area contributed by atoms with Gasteiger partial charge in [-0.3, -0.25) is 4.68 Å². The molecule has 0 aliphatic rings. The van der Waals surface area contributed by atoms with E-state index in [0.29, 0.717) is 0 Å². The molecule has 0 bridgehead atoms. The zero-order valence-electron chi connectivity index (χ0n) is 4.20. The van der Waals surface area contributed by atoms with Crippen LogP contribution in [-0.2, 0) is 6.17 Å². The molecule has 0 N–H and O–H groups in total. The van der Waals surface area contributed by atoms with E-state index in [9.17, 15) is 0 Å². The Bertz CT molecular complexity index is 125. The molecular formula is C3H7N3Si. The second-order valence-electron chi connectivity index (χ2n) is 1.25. The predicted molar refractivity (Wildman–Crippen MR) is 30.0 cm³/mol. The Balaban J connectivity index is 2.76. The molecular weight excluding hydrogens is 106 g/mol. The quantitative estimate of drug-likeness (QED) is 0.419. The number of rotatable bonds is 1. The van der Waals surface area contributed by atoms with Crippen molar-refractivity contribution >= 4 is 10.2 Å². The molecule has 0 unspecified atom stereocenters. The Labute approximate surface area is 44.8 Å². The maximum Gasteiger partial charge on any atom is 0.137 e. The van der Waals surface area contributed by atoms with Crippen molar-refractivity contribution < 1.29 is 0 Å². The highest BCUT2D eigenvalue weighted by Gasteiger charge is 1.78. The van der Waals surface area contributed by atoms with Crippen LogP contribution in [-0.4, -0.2) is 25.0 Å². The second kappa shape index (κ2) is 1.88. The lowest BCUT2D eigenvalue weighted by Crippen LogP contribution is -1.95. The average Bonchev–Trinajstić information content (AvgIpc) is 2.14. The summed E-state index contributed by atoms with van der Waals surface area (Å²) < 4.78 is 1.83. The summed E-state index contributed by atoms with van der Waals surface area (Å²) in [6.07, 6.45) is 4.32. The van der Waals surface area contributed by atoms with Crippen LogP contribution < -0.4 is 0 Å². The molecule has 38 valence electrons. The zero-order valence-corrected chi connectivity index (χ0v) is 6.20. The molecule has 0 fully saturated rings. The van der Waals surface area contributed by atoms with Crippen LogP contribution in [0.4, 0.5) is 0 Å². The van der Waals surface area contributed by atoms with Gasteiger partial charge in [0, 0.05) is 16.4 Å². The van der Waals surface area contributed by atoms with Crippen molar-refractivity contribution in [2.45, 2.75) is 6.17 Å². The normalized spacial score (nSPS) is 9.71. The molecule has 0 spiro atoms. The SMILES string of the molecule is [SiH3]Cn1cncn1. The largest absolute Gasteiger partial charge is 0.257 e. The molecule has 0 saturated heterocycles. The van der Waals surface area contributed by atoms with Crippen molar-refractivity contribution in [2.24, 2.45) is 0 Å². The Morgan fingerprint density at radius 2 is 2.57 bits per heavy atom. The van der Waals surface area contributed by atoms with Gasteiger partial charge < -0.3 is 0 Å². The first-order chi connectivity index (χ1) is 3.43. The number of aromatic nitrogens is 3. The third-order valence-electron chi connectivity index (χ3n) is 0.791. The molecule has 0 amide bonds. The van der Waals surface area contributed by atoms with Gasteiger partial charge in [0.15, 0.2) is 0 Å². The lowest BCUT2D eigenvalue weighted by molar-refractivity contribution is 0.741. The Kier molecular flexibility index (Phi) is 1.21. The van der Waals surface area contributed by atoms with E-state index in [1.54, 1.807) is 12.7 Å². The molecule has 1 aromatic rings. The van der Waals surface area contributed by atoms with Gasteiger partial charge in [0.05, 0.1) is 0 Å². The van der Waals surface area contributed by atoms with E-state index in [2.05, 4.69) is 10.1 Å². The fourth-order valence-corrected chi connectivity index (χ4v) is 0.723. The maximum atomic E-state index is 3.88. The molecule has 4 heteroatoms. The summed E-state index contributed by atoms with van der Waals surface area (Å²) in [5, 5.41) is 3.88. The van der Waals surface area contributed by atoms with E-state index >= 15 is 0 Å². The van der Waals surface area contributed by atoms with Crippen molar-refractivity contribution in [3.05, 3.63) is 12.7 Å². The van der Waals surface area contributed by atoms with E-state index in [4.69, 9.17) is 0 Å². The van der Waals surface area contributed by atoms with Crippen LogP contribution in [0.15, 0.2) is 12.7 Å². The molecule has 3 nitrogen and oxygen atoms in total. The van der Waals surface area contributed by atoms with Crippen molar-refractivity contribution in [1.29, 1.82) is 0 Å². The molecule has 0 aromatic carbocycles. The third-order valence-corrected chi connectivity index (χ3v) is 1.44. The van der Waals surface area contributed by atoms with Gasteiger partial charge in [0.25, 0.3) is 0 Å². The molecule has 0 saturated carbocycles. The highest BCUT2D eigenvalue weighted by atomic mass is 28.1. The van der Waals surface area contributed by atoms with Crippen LogP contribution in [0, 0.1) is 0 Å². The summed E-state index contributed by atoms with van der Waals surface area (Å²) in [5.41, 5.74) is 0. The van der Waals surface area contributed by atoms with Crippen molar-refractivity contribution in [3.63, 3.8) is 0 Å². The second-order valence-corrected chi connectivity index (χ2v) is 1.88. The van der Waals surface area contributed by atoms with Gasteiger partial charge in [-0.25, -0.2) is 4.98 Å². The maximum absolute atomic E-state index is 3.88. The predicted octanol–water partition coefficient (Wildman–Crippen LogP) is -1.40. The molecule has 1 rings (SSSR count). The average molecular weight is 113 g/mol. The number of hydrogen-bond acceptors (Lipinski definition) is 2. The van der Waals surface area contributed by atoms with Crippen LogP contribution in [0.25, 0.3) is 0 Å². The van der Waals surface area contributed by atoms with Crippen molar-refractivity contribution in [1.82, 2.24) is 14.8 Å². The minimum Gasteiger partial charge on any atom is -0.257 e. The zero-order chi connectivity index (χ0) is 5.11. The molecule has 1 heterocycles. The summed E-state index contributed by atoms with van der Waals surface area (Å²) in [6.45, 7) is 0. The Morgan fingerprint density at radius 1 is 1.71 bits per heavy atom. The van der Waals surface area contributed by atoms with Crippen LogP contribution in [0.1, 0.15) is 0 Å². The summed E-state index contributed by atoms with van der Waals surface area (Å²) in [7, 11) is 1.15. The van der Waals surface area contributed by atoms with Gasteiger partial charge in [-0.15, -0.1) is 0 Å². The minimum absolute atomic E-state index is 1.04. The minimum atomic E-state index is 1.04. The Hall–Kier alpha value is -0.643. The summed E-state index contributed by atoms with van der Waals surface area (Å²) in [5.74, 6) is 0. The highest BCUT2D eigenvalue weighted by Crippen LogP contribution is 1.71. The van der Waals surface area contributed by atoms with Gasteiger partial charge >= 0.3 is 0 Å².